The normalized spacial score (nSPS) is 16.0. The zero-order valence-electron chi connectivity index (χ0n) is 16.8. The molecule has 0 atom stereocenters. The van der Waals surface area contributed by atoms with Gasteiger partial charge in [0.05, 0.1) is 22.1 Å². The number of aromatic hydroxyl groups is 1. The van der Waals surface area contributed by atoms with Crippen LogP contribution >= 0.6 is 31.9 Å². The first-order valence-electron chi connectivity index (χ1n) is 9.46. The maximum atomic E-state index is 12.8. The number of carbonyl (C=O) groups excluding carboxylic acids is 1. The van der Waals surface area contributed by atoms with Crippen LogP contribution in [0.5, 0.6) is 5.75 Å². The Morgan fingerprint density at radius 3 is 2.45 bits per heavy atom. The number of phenolic OH excluding ortho intramolecular Hbond substituents is 1. The Morgan fingerprint density at radius 2 is 1.81 bits per heavy atom. The van der Waals surface area contributed by atoms with Crippen LogP contribution < -0.4 is 5.43 Å². The maximum absolute atomic E-state index is 12.8. The first kappa shape index (κ1) is 23.9. The molecule has 166 valence electrons. The maximum Gasteiger partial charge on any atom is 0.254 e. The van der Waals surface area contributed by atoms with E-state index in [0.717, 1.165) is 10.0 Å². The number of carbonyl (C=O) groups is 1. The number of hydrogen-bond donors (Lipinski definition) is 2. The SMILES string of the molecule is Cc1ccc(S(=O)(=O)N2CCN(CC(=O)N/N=C\c3cc(Br)cc(Br)c3O)CC2)cc1. The number of benzene rings is 2. The van der Waals surface area contributed by atoms with E-state index in [9.17, 15) is 18.3 Å². The second-order valence-electron chi connectivity index (χ2n) is 7.11. The third-order valence-corrected chi connectivity index (χ3v) is 7.78. The summed E-state index contributed by atoms with van der Waals surface area (Å²) < 4.78 is 28.2. The van der Waals surface area contributed by atoms with E-state index in [-0.39, 0.29) is 23.1 Å². The molecule has 1 amide bonds. The molecule has 0 unspecified atom stereocenters. The van der Waals surface area contributed by atoms with E-state index in [4.69, 9.17) is 0 Å². The Morgan fingerprint density at radius 1 is 1.16 bits per heavy atom. The molecular weight excluding hydrogens is 552 g/mol. The molecule has 0 radical (unpaired) electrons. The van der Waals surface area contributed by atoms with E-state index < -0.39 is 10.0 Å². The fourth-order valence-electron chi connectivity index (χ4n) is 3.08. The van der Waals surface area contributed by atoms with Gasteiger partial charge in [0, 0.05) is 36.2 Å². The number of phenols is 1. The highest BCUT2D eigenvalue weighted by molar-refractivity contribution is 9.11. The van der Waals surface area contributed by atoms with Crippen LogP contribution in [0.2, 0.25) is 0 Å². The summed E-state index contributed by atoms with van der Waals surface area (Å²) in [4.78, 5) is 14.3. The van der Waals surface area contributed by atoms with Gasteiger partial charge in [-0.05, 0) is 47.1 Å². The second kappa shape index (κ2) is 10.2. The zero-order valence-corrected chi connectivity index (χ0v) is 20.7. The van der Waals surface area contributed by atoms with Crippen molar-refractivity contribution in [1.82, 2.24) is 14.6 Å². The molecule has 0 bridgehead atoms. The minimum absolute atomic E-state index is 0.0205. The lowest BCUT2D eigenvalue weighted by Crippen LogP contribution is -2.50. The van der Waals surface area contributed by atoms with E-state index in [0.29, 0.717) is 36.2 Å². The minimum Gasteiger partial charge on any atom is -0.506 e. The second-order valence-corrected chi connectivity index (χ2v) is 10.8. The summed E-state index contributed by atoms with van der Waals surface area (Å²) in [6, 6.07) is 10.2. The Kier molecular flexibility index (Phi) is 7.87. The summed E-state index contributed by atoms with van der Waals surface area (Å²) >= 11 is 6.56. The number of nitrogens with one attached hydrogen (secondary N) is 1. The number of rotatable bonds is 6. The highest BCUT2D eigenvalue weighted by atomic mass is 79.9. The number of sulfonamides is 1. The number of aryl methyl sites for hydroxylation is 1. The number of nitrogens with zero attached hydrogens (tertiary/aromatic N) is 3. The van der Waals surface area contributed by atoms with Crippen LogP contribution in [0, 0.1) is 6.92 Å². The molecule has 1 fully saturated rings. The highest BCUT2D eigenvalue weighted by Crippen LogP contribution is 2.30. The predicted molar refractivity (Wildman–Crippen MR) is 126 cm³/mol. The van der Waals surface area contributed by atoms with Crippen molar-refractivity contribution in [3.63, 3.8) is 0 Å². The molecule has 2 N–H and O–H groups in total. The molecule has 1 saturated heterocycles. The minimum atomic E-state index is -3.54. The summed E-state index contributed by atoms with van der Waals surface area (Å²) in [5.74, 6) is -0.299. The van der Waals surface area contributed by atoms with Crippen molar-refractivity contribution < 1.29 is 18.3 Å². The molecule has 8 nitrogen and oxygen atoms in total. The average molecular weight is 574 g/mol. The van der Waals surface area contributed by atoms with Crippen molar-refractivity contribution in [2.45, 2.75) is 11.8 Å². The smallest absolute Gasteiger partial charge is 0.254 e. The van der Waals surface area contributed by atoms with Crippen LogP contribution in [0.3, 0.4) is 0 Å². The monoisotopic (exact) mass is 572 g/mol. The molecule has 1 aliphatic heterocycles. The number of halogens is 2. The fourth-order valence-corrected chi connectivity index (χ4v) is 5.76. The molecule has 31 heavy (non-hydrogen) atoms. The Balaban J connectivity index is 1.50. The summed E-state index contributed by atoms with van der Waals surface area (Å²) in [5, 5.41) is 13.9. The van der Waals surface area contributed by atoms with E-state index in [2.05, 4.69) is 42.4 Å². The lowest BCUT2D eigenvalue weighted by molar-refractivity contribution is -0.122. The third kappa shape index (κ3) is 6.13. The third-order valence-electron chi connectivity index (χ3n) is 4.81. The summed E-state index contributed by atoms with van der Waals surface area (Å²) in [7, 11) is -3.54. The van der Waals surface area contributed by atoms with Crippen molar-refractivity contribution in [2.75, 3.05) is 32.7 Å². The van der Waals surface area contributed by atoms with E-state index in [1.165, 1.54) is 10.5 Å². The average Bonchev–Trinajstić information content (AvgIpc) is 2.72. The van der Waals surface area contributed by atoms with Gasteiger partial charge < -0.3 is 5.11 Å². The molecule has 0 aromatic heterocycles. The van der Waals surface area contributed by atoms with Gasteiger partial charge in [0.25, 0.3) is 5.91 Å². The summed E-state index contributed by atoms with van der Waals surface area (Å²) in [6.45, 7) is 3.53. The van der Waals surface area contributed by atoms with Crippen molar-refractivity contribution in [3.8, 4) is 5.75 Å². The molecular formula is C20H22Br2N4O4S. The zero-order chi connectivity index (χ0) is 22.6. The standard InChI is InChI=1S/C20H22Br2N4O4S/c1-14-2-4-17(5-3-14)31(29,30)26-8-6-25(7-9-26)13-19(27)24-23-12-15-10-16(21)11-18(22)20(15)28/h2-5,10-12,28H,6-9,13H2,1H3,(H,24,27)/b23-12-. The summed E-state index contributed by atoms with van der Waals surface area (Å²) in [5.41, 5.74) is 3.87. The number of hydrazone groups is 1. The Hall–Kier alpha value is -1.79. The van der Waals surface area contributed by atoms with Crippen LogP contribution in [0.25, 0.3) is 0 Å². The van der Waals surface area contributed by atoms with Gasteiger partial charge in [0.2, 0.25) is 10.0 Å². The van der Waals surface area contributed by atoms with Gasteiger partial charge in [-0.15, -0.1) is 0 Å². The fraction of sp³-hybridized carbons (Fsp3) is 0.300. The van der Waals surface area contributed by atoms with Crippen LogP contribution in [-0.4, -0.2) is 67.6 Å². The molecule has 2 aromatic carbocycles. The van der Waals surface area contributed by atoms with Gasteiger partial charge in [0.15, 0.2) is 0 Å². The lowest BCUT2D eigenvalue weighted by Gasteiger charge is -2.33. The quantitative estimate of drug-likeness (QED) is 0.409. The van der Waals surface area contributed by atoms with Gasteiger partial charge in [0.1, 0.15) is 5.75 Å². The van der Waals surface area contributed by atoms with E-state index >= 15 is 0 Å². The Labute approximate surface area is 198 Å². The van der Waals surface area contributed by atoms with Crippen LogP contribution in [0.1, 0.15) is 11.1 Å². The molecule has 0 spiro atoms. The van der Waals surface area contributed by atoms with E-state index in [1.54, 1.807) is 36.4 Å². The van der Waals surface area contributed by atoms with Gasteiger partial charge in [-0.2, -0.15) is 9.41 Å². The molecule has 1 aliphatic rings. The van der Waals surface area contributed by atoms with Crippen molar-refractivity contribution in [2.24, 2.45) is 5.10 Å². The van der Waals surface area contributed by atoms with Gasteiger partial charge >= 0.3 is 0 Å². The van der Waals surface area contributed by atoms with Crippen LogP contribution in [0.15, 0.2) is 55.3 Å². The van der Waals surface area contributed by atoms with Crippen LogP contribution in [0.4, 0.5) is 0 Å². The molecule has 1 heterocycles. The number of piperazine rings is 1. The van der Waals surface area contributed by atoms with E-state index in [1.807, 2.05) is 11.8 Å². The Bertz CT molecular complexity index is 1080. The molecule has 0 saturated carbocycles. The topological polar surface area (TPSA) is 102 Å². The lowest BCUT2D eigenvalue weighted by atomic mass is 10.2. The summed E-state index contributed by atoms with van der Waals surface area (Å²) in [6.07, 6.45) is 1.36. The molecule has 3 rings (SSSR count). The van der Waals surface area contributed by atoms with Gasteiger partial charge in [-0.25, -0.2) is 13.8 Å². The highest BCUT2D eigenvalue weighted by Gasteiger charge is 2.28. The van der Waals surface area contributed by atoms with Crippen LogP contribution in [-0.2, 0) is 14.8 Å². The molecule has 11 heteroatoms. The van der Waals surface area contributed by atoms with Crippen molar-refractivity contribution >= 4 is 54.0 Å². The van der Waals surface area contributed by atoms with Crippen molar-refractivity contribution in [1.29, 1.82) is 0 Å². The first-order valence-corrected chi connectivity index (χ1v) is 12.5. The number of hydrogen-bond acceptors (Lipinski definition) is 6. The number of amides is 1. The molecule has 0 aliphatic carbocycles. The largest absolute Gasteiger partial charge is 0.506 e. The van der Waals surface area contributed by atoms with Gasteiger partial charge in [-0.3, -0.25) is 9.69 Å². The van der Waals surface area contributed by atoms with Gasteiger partial charge in [-0.1, -0.05) is 33.6 Å². The van der Waals surface area contributed by atoms with Crippen molar-refractivity contribution in [3.05, 3.63) is 56.5 Å². The molecule has 2 aromatic rings. The first-order chi connectivity index (χ1) is 14.7. The predicted octanol–water partition coefficient (Wildman–Crippen LogP) is 2.68.